The molecule has 2 aromatic rings. The van der Waals surface area contributed by atoms with Gasteiger partial charge in [0.1, 0.15) is 11.5 Å². The average molecular weight is 346 g/mol. The number of carbonyl (C=O) groups excluding carboxylic acids is 1. The molecule has 1 amide bonds. The van der Waals surface area contributed by atoms with Crippen LogP contribution in [0.1, 0.15) is 36.0 Å². The molecule has 1 aliphatic carbocycles. The van der Waals surface area contributed by atoms with E-state index in [-0.39, 0.29) is 5.56 Å². The number of rotatable bonds is 5. The van der Waals surface area contributed by atoms with Crippen molar-refractivity contribution in [1.29, 1.82) is 0 Å². The van der Waals surface area contributed by atoms with E-state index in [0.717, 1.165) is 12.8 Å². The molecule has 0 unspecified atom stereocenters. The molecule has 3 rings (SSSR count). The van der Waals surface area contributed by atoms with Crippen LogP contribution in [0.3, 0.4) is 0 Å². The lowest BCUT2D eigenvalue weighted by Crippen LogP contribution is -2.37. The van der Waals surface area contributed by atoms with E-state index in [1.165, 1.54) is 12.1 Å². The second-order valence-corrected chi connectivity index (χ2v) is 7.66. The van der Waals surface area contributed by atoms with Crippen LogP contribution >= 0.6 is 0 Å². The highest BCUT2D eigenvalue weighted by Crippen LogP contribution is 2.24. The van der Waals surface area contributed by atoms with Crippen molar-refractivity contribution in [2.75, 3.05) is 0 Å². The lowest BCUT2D eigenvalue weighted by atomic mass is 10.2. The minimum Gasteiger partial charge on any atom is -0.456 e. The minimum atomic E-state index is -3.61. The molecule has 1 aliphatic rings. The normalized spacial score (nSPS) is 15.2. The zero-order valence-electron chi connectivity index (χ0n) is 13.0. The maximum atomic E-state index is 12.2. The third-order valence-electron chi connectivity index (χ3n) is 3.96. The van der Waals surface area contributed by atoms with Gasteiger partial charge in [0.15, 0.2) is 0 Å². The summed E-state index contributed by atoms with van der Waals surface area (Å²) >= 11 is 0. The van der Waals surface area contributed by atoms with E-state index < -0.39 is 21.2 Å². The molecule has 1 aromatic heterocycles. The number of aromatic nitrogens is 1. The summed E-state index contributed by atoms with van der Waals surface area (Å²) in [5, 5.41) is -0.463. The molecular weight excluding hydrogens is 328 g/mol. The Hall–Kier alpha value is -2.41. The number of sulfonamides is 1. The molecule has 1 heterocycles. The molecule has 126 valence electrons. The van der Waals surface area contributed by atoms with E-state index in [4.69, 9.17) is 4.74 Å². The Labute approximate surface area is 140 Å². The molecule has 1 N–H and O–H groups in total. The van der Waals surface area contributed by atoms with Gasteiger partial charge >= 0.3 is 0 Å². The number of hydrogen-bond donors (Lipinski definition) is 1. The minimum absolute atomic E-state index is 0.273. The van der Waals surface area contributed by atoms with Gasteiger partial charge in [0.05, 0.1) is 11.4 Å². The SMILES string of the molecule is O=C(NS(=O)(=O)C1CCCC1)c1ccc(Oc2cccnc2)cc1. The summed E-state index contributed by atoms with van der Waals surface area (Å²) < 4.78 is 32.1. The molecule has 1 aromatic carbocycles. The third kappa shape index (κ3) is 3.91. The summed E-state index contributed by atoms with van der Waals surface area (Å²) in [4.78, 5) is 16.1. The van der Waals surface area contributed by atoms with Crippen molar-refractivity contribution in [3.63, 3.8) is 0 Å². The predicted octanol–water partition coefficient (Wildman–Crippen LogP) is 2.88. The summed E-state index contributed by atoms with van der Waals surface area (Å²) in [5.74, 6) is 0.506. The van der Waals surface area contributed by atoms with Gasteiger partial charge in [-0.25, -0.2) is 13.1 Å². The molecule has 1 saturated carbocycles. The Kier molecular flexibility index (Phi) is 4.80. The maximum absolute atomic E-state index is 12.2. The maximum Gasteiger partial charge on any atom is 0.264 e. The Bertz CT molecular complexity index is 798. The highest BCUT2D eigenvalue weighted by atomic mass is 32.2. The zero-order chi connectivity index (χ0) is 17.0. The molecule has 0 aliphatic heterocycles. The van der Waals surface area contributed by atoms with Gasteiger partial charge < -0.3 is 4.74 Å². The van der Waals surface area contributed by atoms with E-state index in [1.54, 1.807) is 36.7 Å². The number of pyridine rings is 1. The van der Waals surface area contributed by atoms with E-state index in [2.05, 4.69) is 9.71 Å². The molecule has 6 nitrogen and oxygen atoms in total. The van der Waals surface area contributed by atoms with Crippen molar-refractivity contribution in [1.82, 2.24) is 9.71 Å². The number of carbonyl (C=O) groups is 1. The van der Waals surface area contributed by atoms with E-state index in [1.807, 2.05) is 0 Å². The van der Waals surface area contributed by atoms with Crippen LogP contribution in [0.4, 0.5) is 0 Å². The monoisotopic (exact) mass is 346 g/mol. The van der Waals surface area contributed by atoms with Crippen LogP contribution in [-0.2, 0) is 10.0 Å². The van der Waals surface area contributed by atoms with Gasteiger partial charge in [0.25, 0.3) is 5.91 Å². The molecule has 0 radical (unpaired) electrons. The van der Waals surface area contributed by atoms with Gasteiger partial charge in [-0.3, -0.25) is 9.78 Å². The molecule has 0 bridgehead atoms. The first kappa shape index (κ1) is 16.4. The molecule has 0 spiro atoms. The van der Waals surface area contributed by atoms with Crippen LogP contribution in [0.15, 0.2) is 48.8 Å². The van der Waals surface area contributed by atoms with Gasteiger partial charge in [-0.2, -0.15) is 0 Å². The molecule has 7 heteroatoms. The van der Waals surface area contributed by atoms with Crippen molar-refractivity contribution in [2.24, 2.45) is 0 Å². The summed E-state index contributed by atoms with van der Waals surface area (Å²) in [7, 11) is -3.61. The summed E-state index contributed by atoms with van der Waals surface area (Å²) in [5.41, 5.74) is 0.273. The number of nitrogens with one attached hydrogen (secondary N) is 1. The first-order valence-corrected chi connectivity index (χ1v) is 9.33. The van der Waals surface area contributed by atoms with Crippen molar-refractivity contribution in [3.8, 4) is 11.5 Å². The highest BCUT2D eigenvalue weighted by Gasteiger charge is 2.30. The average Bonchev–Trinajstić information content (AvgIpc) is 3.11. The standard InChI is InChI=1S/C17H18N2O4S/c20-17(19-24(21,22)16-5-1-2-6-16)13-7-9-14(10-8-13)23-15-4-3-11-18-12-15/h3-4,7-12,16H,1-2,5-6H2,(H,19,20). The zero-order valence-corrected chi connectivity index (χ0v) is 13.8. The van der Waals surface area contributed by atoms with Gasteiger partial charge in [-0.1, -0.05) is 12.8 Å². The van der Waals surface area contributed by atoms with Gasteiger partial charge in [-0.15, -0.1) is 0 Å². The van der Waals surface area contributed by atoms with Crippen LogP contribution in [-0.4, -0.2) is 24.6 Å². The van der Waals surface area contributed by atoms with Crippen LogP contribution < -0.4 is 9.46 Å². The van der Waals surface area contributed by atoms with Crippen LogP contribution in [0.2, 0.25) is 0 Å². The largest absolute Gasteiger partial charge is 0.456 e. The fourth-order valence-corrected chi connectivity index (χ4v) is 4.18. The Morgan fingerprint density at radius 2 is 1.79 bits per heavy atom. The number of benzene rings is 1. The summed E-state index contributed by atoms with van der Waals surface area (Å²) in [6, 6.07) is 9.82. The second kappa shape index (κ2) is 7.00. The van der Waals surface area contributed by atoms with Crippen molar-refractivity contribution in [3.05, 3.63) is 54.4 Å². The molecule has 1 fully saturated rings. The number of nitrogens with zero attached hydrogens (tertiary/aromatic N) is 1. The fourth-order valence-electron chi connectivity index (χ4n) is 2.69. The van der Waals surface area contributed by atoms with E-state index in [0.29, 0.717) is 24.3 Å². The third-order valence-corrected chi connectivity index (χ3v) is 5.78. The molecule has 24 heavy (non-hydrogen) atoms. The number of amides is 1. The van der Waals surface area contributed by atoms with Crippen LogP contribution in [0.25, 0.3) is 0 Å². The van der Waals surface area contributed by atoms with Crippen LogP contribution in [0.5, 0.6) is 11.5 Å². The predicted molar refractivity (Wildman–Crippen MR) is 89.4 cm³/mol. The summed E-state index contributed by atoms with van der Waals surface area (Å²) in [6.07, 6.45) is 6.22. The second-order valence-electron chi connectivity index (χ2n) is 5.70. The van der Waals surface area contributed by atoms with Gasteiger partial charge in [0, 0.05) is 11.8 Å². The molecule has 0 saturated heterocycles. The van der Waals surface area contributed by atoms with Crippen LogP contribution in [0, 0.1) is 0 Å². The first-order valence-electron chi connectivity index (χ1n) is 7.78. The molecular formula is C17H18N2O4S. The Morgan fingerprint density at radius 3 is 2.42 bits per heavy atom. The number of hydrogen-bond acceptors (Lipinski definition) is 5. The fraction of sp³-hybridized carbons (Fsp3) is 0.294. The quantitative estimate of drug-likeness (QED) is 0.900. The summed E-state index contributed by atoms with van der Waals surface area (Å²) in [6.45, 7) is 0. The van der Waals surface area contributed by atoms with E-state index in [9.17, 15) is 13.2 Å². The highest BCUT2D eigenvalue weighted by molar-refractivity contribution is 7.90. The van der Waals surface area contributed by atoms with Crippen molar-refractivity contribution in [2.45, 2.75) is 30.9 Å². The van der Waals surface area contributed by atoms with Crippen molar-refractivity contribution >= 4 is 15.9 Å². The topological polar surface area (TPSA) is 85.4 Å². The van der Waals surface area contributed by atoms with Gasteiger partial charge in [-0.05, 0) is 49.2 Å². The van der Waals surface area contributed by atoms with Crippen molar-refractivity contribution < 1.29 is 17.9 Å². The Balaban J connectivity index is 1.65. The lowest BCUT2D eigenvalue weighted by Gasteiger charge is -2.12. The molecule has 0 atom stereocenters. The number of ether oxygens (including phenoxy) is 1. The van der Waals surface area contributed by atoms with E-state index >= 15 is 0 Å². The lowest BCUT2D eigenvalue weighted by molar-refractivity contribution is 0.0981. The van der Waals surface area contributed by atoms with Gasteiger partial charge in [0.2, 0.25) is 10.0 Å². The first-order chi connectivity index (χ1) is 11.5. The smallest absolute Gasteiger partial charge is 0.264 e. The Morgan fingerprint density at radius 1 is 1.08 bits per heavy atom.